The number of aliphatic hydroxyl groups is 1. The van der Waals surface area contributed by atoms with Crippen molar-refractivity contribution in [3.05, 3.63) is 65.2 Å². The van der Waals surface area contributed by atoms with Crippen LogP contribution in [0.2, 0.25) is 0 Å². The lowest BCUT2D eigenvalue weighted by Crippen LogP contribution is -2.28. The molecule has 1 unspecified atom stereocenters. The van der Waals surface area contributed by atoms with Gasteiger partial charge in [0.05, 0.1) is 12.3 Å². The average molecular weight is 302 g/mol. The predicted molar refractivity (Wildman–Crippen MR) is 81.7 cm³/mol. The molecule has 1 atom stereocenters. The molecule has 5 heteroatoms. The van der Waals surface area contributed by atoms with Crippen molar-refractivity contribution >= 4 is 5.91 Å². The smallest absolute Gasteiger partial charge is 0.220 e. The van der Waals surface area contributed by atoms with E-state index in [1.54, 1.807) is 0 Å². The number of aromatic nitrogens is 1. The molecule has 4 nitrogen and oxygen atoms in total. The molecule has 0 saturated carbocycles. The van der Waals surface area contributed by atoms with Crippen LogP contribution in [-0.2, 0) is 11.2 Å². The zero-order chi connectivity index (χ0) is 15.9. The second kappa shape index (κ2) is 7.66. The Labute approximate surface area is 129 Å². The summed E-state index contributed by atoms with van der Waals surface area (Å²) < 4.78 is 13.0. The molecule has 0 aliphatic heterocycles. The van der Waals surface area contributed by atoms with Gasteiger partial charge in [-0.25, -0.2) is 4.39 Å². The molecule has 2 rings (SSSR count). The molecule has 0 radical (unpaired) electrons. The van der Waals surface area contributed by atoms with Gasteiger partial charge in [0, 0.05) is 19.2 Å². The summed E-state index contributed by atoms with van der Waals surface area (Å²) in [4.78, 5) is 15.5. The van der Waals surface area contributed by atoms with Crippen molar-refractivity contribution in [3.63, 3.8) is 0 Å². The third-order valence-electron chi connectivity index (χ3n) is 3.32. The first-order valence-corrected chi connectivity index (χ1v) is 7.15. The molecule has 22 heavy (non-hydrogen) atoms. The zero-order valence-corrected chi connectivity index (χ0v) is 12.4. The minimum absolute atomic E-state index is 0.156. The van der Waals surface area contributed by atoms with Crippen LogP contribution >= 0.6 is 0 Å². The van der Waals surface area contributed by atoms with Gasteiger partial charge in [-0.3, -0.25) is 9.78 Å². The summed E-state index contributed by atoms with van der Waals surface area (Å²) in [5, 5.41) is 12.7. The first-order chi connectivity index (χ1) is 10.5. The van der Waals surface area contributed by atoms with Crippen LogP contribution in [0.4, 0.5) is 4.39 Å². The highest BCUT2D eigenvalue weighted by Gasteiger charge is 2.10. The summed E-state index contributed by atoms with van der Waals surface area (Å²) in [7, 11) is 0. The Morgan fingerprint density at radius 3 is 2.91 bits per heavy atom. The molecule has 0 saturated heterocycles. The number of hydrogen-bond acceptors (Lipinski definition) is 3. The van der Waals surface area contributed by atoms with Crippen molar-refractivity contribution < 1.29 is 14.3 Å². The molecule has 1 aromatic carbocycles. The normalized spacial score (nSPS) is 12.0. The highest BCUT2D eigenvalue weighted by atomic mass is 19.1. The van der Waals surface area contributed by atoms with Crippen LogP contribution in [-0.4, -0.2) is 22.5 Å². The van der Waals surface area contributed by atoms with Crippen molar-refractivity contribution in [3.8, 4) is 0 Å². The molecule has 0 fully saturated rings. The number of nitrogens with one attached hydrogen (secondary N) is 1. The second-order valence-corrected chi connectivity index (χ2v) is 5.25. The van der Waals surface area contributed by atoms with Gasteiger partial charge < -0.3 is 10.4 Å². The zero-order valence-electron chi connectivity index (χ0n) is 12.4. The van der Waals surface area contributed by atoms with Crippen molar-refractivity contribution in [2.45, 2.75) is 25.9 Å². The highest BCUT2D eigenvalue weighted by Crippen LogP contribution is 2.13. The van der Waals surface area contributed by atoms with Gasteiger partial charge in [0.1, 0.15) is 5.82 Å². The third kappa shape index (κ3) is 4.93. The largest absolute Gasteiger partial charge is 0.387 e. The predicted octanol–water partition coefficient (Wildman–Crippen LogP) is 2.31. The number of amides is 1. The van der Waals surface area contributed by atoms with Gasteiger partial charge in [0.15, 0.2) is 0 Å². The minimum Gasteiger partial charge on any atom is -0.387 e. The molecule has 0 aliphatic carbocycles. The Morgan fingerprint density at radius 1 is 1.36 bits per heavy atom. The molecule has 1 amide bonds. The van der Waals surface area contributed by atoms with Crippen molar-refractivity contribution in [2.75, 3.05) is 6.54 Å². The van der Waals surface area contributed by atoms with Crippen molar-refractivity contribution in [1.82, 2.24) is 10.3 Å². The number of aryl methyl sites for hydroxylation is 2. The Balaban J connectivity index is 1.78. The number of hydrogen-bond donors (Lipinski definition) is 2. The fourth-order valence-electron chi connectivity index (χ4n) is 2.14. The molecule has 1 aromatic heterocycles. The quantitative estimate of drug-likeness (QED) is 0.861. The number of nitrogens with zero attached hydrogens (tertiary/aromatic N) is 1. The van der Waals surface area contributed by atoms with E-state index in [1.165, 1.54) is 12.3 Å². The van der Waals surface area contributed by atoms with Crippen molar-refractivity contribution in [1.29, 1.82) is 0 Å². The van der Waals surface area contributed by atoms with E-state index in [2.05, 4.69) is 10.3 Å². The van der Waals surface area contributed by atoms with Gasteiger partial charge in [-0.1, -0.05) is 29.8 Å². The molecular formula is C17H19FN2O2. The Morgan fingerprint density at radius 2 is 2.18 bits per heavy atom. The standard InChI is InChI=1S/C17H19FN2O2/c1-12-3-2-4-14(7-12)16(21)11-20-17(22)6-5-13-8-15(18)10-19-9-13/h2-4,7-10,16,21H,5-6,11H2,1H3,(H,20,22). The average Bonchev–Trinajstić information content (AvgIpc) is 2.50. The van der Waals surface area contributed by atoms with Crippen LogP contribution in [0.25, 0.3) is 0 Å². The summed E-state index contributed by atoms with van der Waals surface area (Å²) in [5.74, 6) is -0.594. The molecule has 0 aliphatic rings. The number of aliphatic hydroxyl groups excluding tert-OH is 1. The maximum atomic E-state index is 13.0. The Kier molecular flexibility index (Phi) is 5.61. The molecule has 2 N–H and O–H groups in total. The lowest BCUT2D eigenvalue weighted by Gasteiger charge is -2.13. The maximum absolute atomic E-state index is 13.0. The van der Waals surface area contributed by atoms with E-state index in [-0.39, 0.29) is 18.9 Å². The number of carbonyl (C=O) groups is 1. The Hall–Kier alpha value is -2.27. The van der Waals surface area contributed by atoms with Crippen LogP contribution in [0.5, 0.6) is 0 Å². The first-order valence-electron chi connectivity index (χ1n) is 7.15. The van der Waals surface area contributed by atoms with Crippen LogP contribution in [0.3, 0.4) is 0 Å². The summed E-state index contributed by atoms with van der Waals surface area (Å²) in [6.45, 7) is 2.10. The maximum Gasteiger partial charge on any atom is 0.220 e. The SMILES string of the molecule is Cc1cccc(C(O)CNC(=O)CCc2cncc(F)c2)c1. The van der Waals surface area contributed by atoms with Gasteiger partial charge in [0.2, 0.25) is 5.91 Å². The van der Waals surface area contributed by atoms with E-state index in [1.807, 2.05) is 31.2 Å². The van der Waals surface area contributed by atoms with Gasteiger partial charge in [-0.15, -0.1) is 0 Å². The van der Waals surface area contributed by atoms with E-state index in [4.69, 9.17) is 0 Å². The van der Waals surface area contributed by atoms with E-state index in [9.17, 15) is 14.3 Å². The molecule has 0 spiro atoms. The van der Waals surface area contributed by atoms with Gasteiger partial charge in [0.25, 0.3) is 0 Å². The number of pyridine rings is 1. The van der Waals surface area contributed by atoms with E-state index in [0.29, 0.717) is 12.0 Å². The van der Waals surface area contributed by atoms with Gasteiger partial charge in [-0.2, -0.15) is 0 Å². The first kappa shape index (κ1) is 16.1. The van der Waals surface area contributed by atoms with Crippen LogP contribution in [0.15, 0.2) is 42.7 Å². The molecule has 0 bridgehead atoms. The summed E-state index contributed by atoms with van der Waals surface area (Å²) >= 11 is 0. The molecular weight excluding hydrogens is 283 g/mol. The van der Waals surface area contributed by atoms with Crippen LogP contribution < -0.4 is 5.32 Å². The fourth-order valence-corrected chi connectivity index (χ4v) is 2.14. The lowest BCUT2D eigenvalue weighted by molar-refractivity contribution is -0.121. The fraction of sp³-hybridized carbons (Fsp3) is 0.294. The summed E-state index contributed by atoms with van der Waals surface area (Å²) in [5.41, 5.74) is 2.51. The summed E-state index contributed by atoms with van der Waals surface area (Å²) in [6.07, 6.45) is 2.57. The summed E-state index contributed by atoms with van der Waals surface area (Å²) in [6, 6.07) is 8.88. The van der Waals surface area contributed by atoms with Crippen LogP contribution in [0.1, 0.15) is 29.2 Å². The molecule has 1 heterocycles. The van der Waals surface area contributed by atoms with E-state index in [0.717, 1.165) is 17.3 Å². The number of rotatable bonds is 6. The van der Waals surface area contributed by atoms with E-state index >= 15 is 0 Å². The Bertz CT molecular complexity index is 646. The van der Waals surface area contributed by atoms with E-state index < -0.39 is 11.9 Å². The second-order valence-electron chi connectivity index (χ2n) is 5.25. The third-order valence-corrected chi connectivity index (χ3v) is 3.32. The topological polar surface area (TPSA) is 62.2 Å². The minimum atomic E-state index is -0.736. The van der Waals surface area contributed by atoms with Crippen LogP contribution in [0, 0.1) is 12.7 Å². The number of carbonyl (C=O) groups excluding carboxylic acids is 1. The monoisotopic (exact) mass is 302 g/mol. The molecule has 116 valence electrons. The van der Waals surface area contributed by atoms with Gasteiger partial charge in [-0.05, 0) is 30.5 Å². The van der Waals surface area contributed by atoms with Gasteiger partial charge >= 0.3 is 0 Å². The lowest BCUT2D eigenvalue weighted by atomic mass is 10.1. The highest BCUT2D eigenvalue weighted by molar-refractivity contribution is 5.76. The van der Waals surface area contributed by atoms with Crippen molar-refractivity contribution in [2.24, 2.45) is 0 Å². The number of benzene rings is 1. The molecule has 2 aromatic rings. The number of halogens is 1.